The van der Waals surface area contributed by atoms with Crippen molar-refractivity contribution in [1.82, 2.24) is 0 Å². The first kappa shape index (κ1) is 34.3. The van der Waals surface area contributed by atoms with Crippen molar-refractivity contribution >= 4 is 11.8 Å². The van der Waals surface area contributed by atoms with Gasteiger partial charge in [-0.05, 0) is 105 Å². The lowest BCUT2D eigenvalue weighted by Crippen LogP contribution is -2.61. The van der Waals surface area contributed by atoms with E-state index in [0.717, 1.165) is 44.9 Å². The number of carbonyl (C=O) groups is 2. The van der Waals surface area contributed by atoms with Crippen molar-refractivity contribution in [2.24, 2.45) is 50.7 Å². The van der Waals surface area contributed by atoms with E-state index in [-0.39, 0.29) is 75.6 Å². The average Bonchev–Trinajstić information content (AvgIpc) is 3.84. The monoisotopic (exact) mass is 662 g/mol. The predicted octanol–water partition coefficient (Wildman–Crippen LogP) is 3.53. The number of ether oxygens (including phenoxy) is 4. The summed E-state index contributed by atoms with van der Waals surface area (Å²) in [5.74, 6) is -0.211. The number of ketones is 1. The maximum absolute atomic E-state index is 14.2. The summed E-state index contributed by atoms with van der Waals surface area (Å²) in [6.07, 6.45) is 0.666. The minimum atomic E-state index is -1.31. The van der Waals surface area contributed by atoms with E-state index in [4.69, 9.17) is 18.9 Å². The van der Waals surface area contributed by atoms with Crippen LogP contribution in [0, 0.1) is 50.7 Å². The second-order valence-electron chi connectivity index (χ2n) is 18.4. The Balaban J connectivity index is 1.12. The molecule has 5 aliphatic carbocycles. The maximum Gasteiger partial charge on any atom is 0.302 e. The second kappa shape index (κ2) is 10.7. The molecule has 2 spiro atoms. The van der Waals surface area contributed by atoms with Gasteiger partial charge in [0.05, 0.1) is 18.3 Å². The molecule has 266 valence electrons. The Morgan fingerprint density at radius 2 is 1.57 bits per heavy atom. The Hall–Kier alpha value is -1.14. The van der Waals surface area contributed by atoms with E-state index in [2.05, 4.69) is 34.6 Å². The van der Waals surface area contributed by atoms with Gasteiger partial charge >= 0.3 is 5.97 Å². The van der Waals surface area contributed by atoms with Crippen molar-refractivity contribution in [2.75, 3.05) is 6.61 Å². The molecule has 7 fully saturated rings. The van der Waals surface area contributed by atoms with E-state index in [9.17, 15) is 30.0 Å². The molecule has 47 heavy (non-hydrogen) atoms. The molecule has 2 aliphatic heterocycles. The van der Waals surface area contributed by atoms with Gasteiger partial charge in [-0.1, -0.05) is 34.6 Å². The fourth-order valence-corrected chi connectivity index (χ4v) is 13.2. The summed E-state index contributed by atoms with van der Waals surface area (Å²) in [5.41, 5.74) is -1.34. The molecule has 4 N–H and O–H groups in total. The third kappa shape index (κ3) is 4.53. The van der Waals surface area contributed by atoms with E-state index in [1.54, 1.807) is 0 Å². The maximum atomic E-state index is 14.2. The van der Waals surface area contributed by atoms with Gasteiger partial charge in [0.2, 0.25) is 0 Å². The highest BCUT2D eigenvalue weighted by Crippen LogP contribution is 2.89. The van der Waals surface area contributed by atoms with Crippen molar-refractivity contribution in [3.05, 3.63) is 0 Å². The lowest BCUT2D eigenvalue weighted by Gasteiger charge is -2.63. The largest absolute Gasteiger partial charge is 0.460 e. The lowest BCUT2D eigenvalue weighted by molar-refractivity contribution is -0.303. The smallest absolute Gasteiger partial charge is 0.302 e. The van der Waals surface area contributed by atoms with Crippen molar-refractivity contribution in [1.29, 1.82) is 0 Å². The molecule has 0 aromatic heterocycles. The minimum absolute atomic E-state index is 0.0512. The zero-order valence-electron chi connectivity index (χ0n) is 29.5. The van der Waals surface area contributed by atoms with E-state index >= 15 is 0 Å². The number of aliphatic hydroxyl groups excluding tert-OH is 4. The fraction of sp³-hybridized carbons (Fsp3) is 0.946. The zero-order chi connectivity index (χ0) is 34.3. The normalized spacial score (nSPS) is 53.5. The van der Waals surface area contributed by atoms with Crippen LogP contribution >= 0.6 is 0 Å². The Labute approximate surface area is 279 Å². The summed E-state index contributed by atoms with van der Waals surface area (Å²) in [7, 11) is 0. The first-order valence-electron chi connectivity index (χ1n) is 18.2. The molecule has 0 amide bonds. The van der Waals surface area contributed by atoms with E-state index in [1.807, 2.05) is 13.8 Å². The zero-order valence-corrected chi connectivity index (χ0v) is 29.5. The average molecular weight is 663 g/mol. The quantitative estimate of drug-likeness (QED) is 0.181. The standard InChI is InChI=1S/C37H58O10/c1-18(15-21(45-19(2)38)30-33(5,6)47-30)25-27(41)29(43)35(8)23-10-9-22-32(3,4)24(46-31-28(42)26(40)20(39)16-44-31)11-12-36(22)17-37(23,36)14-13-34(25,35)7/h18,20-26,28-31,39-40,42-43H,9-17H2,1-8H3/t18-,20-,21?,22+,23+,24+,25+,26+,28-,29?,30+,31+,34-,35-,36-,37+/m1/s1. The molecule has 0 aromatic rings. The molecule has 0 aromatic carbocycles. The van der Waals surface area contributed by atoms with Crippen LogP contribution in [0.25, 0.3) is 0 Å². The molecule has 2 saturated heterocycles. The highest BCUT2D eigenvalue weighted by Gasteiger charge is 2.84. The van der Waals surface area contributed by atoms with Gasteiger partial charge in [-0.25, -0.2) is 0 Å². The van der Waals surface area contributed by atoms with Crippen LogP contribution in [0.15, 0.2) is 0 Å². The summed E-state index contributed by atoms with van der Waals surface area (Å²) in [4.78, 5) is 26.3. The number of carbonyl (C=O) groups excluding carboxylic acids is 2. The number of fused-ring (bicyclic) bond motifs is 2. The van der Waals surface area contributed by atoms with Gasteiger partial charge in [0.25, 0.3) is 0 Å². The number of esters is 1. The van der Waals surface area contributed by atoms with Gasteiger partial charge in [-0.15, -0.1) is 0 Å². The van der Waals surface area contributed by atoms with Gasteiger partial charge in [0, 0.05) is 18.3 Å². The van der Waals surface area contributed by atoms with Gasteiger partial charge < -0.3 is 39.4 Å². The number of Topliss-reactive ketones (excluding diaryl/α,β-unsaturated/α-hetero) is 1. The number of epoxide rings is 1. The predicted molar refractivity (Wildman–Crippen MR) is 170 cm³/mol. The van der Waals surface area contributed by atoms with E-state index in [0.29, 0.717) is 12.3 Å². The Bertz CT molecular complexity index is 1300. The third-order valence-corrected chi connectivity index (χ3v) is 15.7. The molecule has 10 heteroatoms. The van der Waals surface area contributed by atoms with Crippen molar-refractivity contribution in [3.63, 3.8) is 0 Å². The fourth-order valence-electron chi connectivity index (χ4n) is 13.2. The Kier molecular flexibility index (Phi) is 7.80. The third-order valence-electron chi connectivity index (χ3n) is 15.7. The van der Waals surface area contributed by atoms with Gasteiger partial charge in [-0.3, -0.25) is 9.59 Å². The first-order valence-corrected chi connectivity index (χ1v) is 18.2. The van der Waals surface area contributed by atoms with Gasteiger partial charge in [0.15, 0.2) is 12.1 Å². The van der Waals surface area contributed by atoms with Crippen LogP contribution in [-0.2, 0) is 28.5 Å². The summed E-state index contributed by atoms with van der Waals surface area (Å²) in [6.45, 7) is 16.4. The molecule has 16 atom stereocenters. The number of aliphatic hydroxyl groups is 4. The molecule has 0 bridgehead atoms. The molecule has 2 heterocycles. The molecule has 2 unspecified atom stereocenters. The molecular weight excluding hydrogens is 604 g/mol. The summed E-state index contributed by atoms with van der Waals surface area (Å²) < 4.78 is 23.7. The van der Waals surface area contributed by atoms with Crippen molar-refractivity contribution in [3.8, 4) is 0 Å². The summed E-state index contributed by atoms with van der Waals surface area (Å²) >= 11 is 0. The number of hydrogen-bond acceptors (Lipinski definition) is 10. The van der Waals surface area contributed by atoms with E-state index in [1.165, 1.54) is 6.92 Å². The highest BCUT2D eigenvalue weighted by molar-refractivity contribution is 5.90. The topological polar surface area (TPSA) is 155 Å². The van der Waals surface area contributed by atoms with Gasteiger partial charge in [0.1, 0.15) is 36.6 Å². The number of rotatable bonds is 7. The minimum Gasteiger partial charge on any atom is -0.460 e. The Morgan fingerprint density at radius 3 is 2.21 bits per heavy atom. The molecule has 5 saturated carbocycles. The molecular formula is C37H58O10. The summed E-state index contributed by atoms with van der Waals surface area (Å²) in [6, 6.07) is 0. The van der Waals surface area contributed by atoms with Crippen LogP contribution in [0.3, 0.4) is 0 Å². The van der Waals surface area contributed by atoms with Crippen LogP contribution < -0.4 is 0 Å². The van der Waals surface area contributed by atoms with Crippen LogP contribution in [0.1, 0.15) is 107 Å². The SMILES string of the molecule is CC(=O)OC(C[C@@H](C)[C@H]1C(=O)C(O)[C@@]2(C)[C@@H]3CC[C@H]4C(C)(C)[C@@H](O[C@@H]5OC[C@@H](O)[C@H](O)[C@H]5O)CC[C@@]45C[C@@]35CC[C@]12C)[C@@H]1OC1(C)C. The highest BCUT2D eigenvalue weighted by atomic mass is 16.7. The van der Waals surface area contributed by atoms with Crippen LogP contribution in [0.2, 0.25) is 0 Å². The first-order chi connectivity index (χ1) is 21.8. The van der Waals surface area contributed by atoms with Crippen LogP contribution in [0.4, 0.5) is 0 Å². The molecule has 0 radical (unpaired) electrons. The molecule has 7 rings (SSSR count). The Morgan fingerprint density at radius 1 is 0.936 bits per heavy atom. The van der Waals surface area contributed by atoms with Crippen molar-refractivity contribution in [2.45, 2.75) is 161 Å². The lowest BCUT2D eigenvalue weighted by atomic mass is 9.41. The molecule has 7 aliphatic rings. The number of hydrogen-bond donors (Lipinski definition) is 4. The second-order valence-corrected chi connectivity index (χ2v) is 18.4. The van der Waals surface area contributed by atoms with Crippen LogP contribution in [-0.4, -0.2) is 93.4 Å². The summed E-state index contributed by atoms with van der Waals surface area (Å²) in [5, 5.41) is 42.8. The van der Waals surface area contributed by atoms with E-state index < -0.39 is 42.2 Å². The van der Waals surface area contributed by atoms with Gasteiger partial charge in [-0.2, -0.15) is 0 Å². The molecule has 10 nitrogen and oxygen atoms in total. The van der Waals surface area contributed by atoms with Crippen LogP contribution in [0.5, 0.6) is 0 Å². The van der Waals surface area contributed by atoms with Crippen molar-refractivity contribution < 1.29 is 49.0 Å².